The highest BCUT2D eigenvalue weighted by molar-refractivity contribution is 7.13. The fourth-order valence-corrected chi connectivity index (χ4v) is 2.57. The van der Waals surface area contributed by atoms with E-state index >= 15 is 0 Å². The van der Waals surface area contributed by atoms with Crippen LogP contribution in [0, 0.1) is 0 Å². The van der Waals surface area contributed by atoms with Crippen LogP contribution in [0.3, 0.4) is 0 Å². The average Bonchev–Trinajstić information content (AvgIpc) is 2.81. The highest BCUT2D eigenvalue weighted by Crippen LogP contribution is 2.33. The zero-order chi connectivity index (χ0) is 11.1. The number of aromatic nitrogens is 1. The van der Waals surface area contributed by atoms with Crippen molar-refractivity contribution in [1.82, 2.24) is 4.98 Å². The number of ether oxygens (including phenoxy) is 1. The molecule has 2 N–H and O–H groups in total. The molecule has 0 bridgehead atoms. The summed E-state index contributed by atoms with van der Waals surface area (Å²) < 4.78 is 5.66. The van der Waals surface area contributed by atoms with E-state index in [1.54, 1.807) is 0 Å². The van der Waals surface area contributed by atoms with Gasteiger partial charge in [-0.3, -0.25) is 0 Å². The van der Waals surface area contributed by atoms with Crippen molar-refractivity contribution in [2.75, 3.05) is 5.73 Å². The molecule has 0 aliphatic carbocycles. The number of hydrogen-bond donors (Lipinski definition) is 1. The van der Waals surface area contributed by atoms with Crippen LogP contribution in [0.5, 0.6) is 5.75 Å². The number of rotatable bonds is 1. The fourth-order valence-electron chi connectivity index (χ4n) is 2.00. The Balaban J connectivity index is 2.02. The molecule has 2 heterocycles. The summed E-state index contributed by atoms with van der Waals surface area (Å²) in [6.45, 7) is 2.08. The smallest absolute Gasteiger partial charge is 0.180 e. The number of nitrogens with two attached hydrogens (primary N) is 1. The maximum atomic E-state index is 5.66. The lowest BCUT2D eigenvalue weighted by molar-refractivity contribution is 0.254. The monoisotopic (exact) mass is 232 g/mol. The van der Waals surface area contributed by atoms with E-state index in [0.717, 1.165) is 23.4 Å². The van der Waals surface area contributed by atoms with Crippen LogP contribution < -0.4 is 10.5 Å². The summed E-state index contributed by atoms with van der Waals surface area (Å²) in [7, 11) is 0. The van der Waals surface area contributed by atoms with E-state index in [9.17, 15) is 0 Å². The second kappa shape index (κ2) is 3.49. The van der Waals surface area contributed by atoms with Gasteiger partial charge in [0.1, 0.15) is 11.9 Å². The topological polar surface area (TPSA) is 48.1 Å². The van der Waals surface area contributed by atoms with Gasteiger partial charge in [-0.05, 0) is 30.7 Å². The number of anilines is 1. The van der Waals surface area contributed by atoms with Crippen molar-refractivity contribution in [1.29, 1.82) is 0 Å². The van der Waals surface area contributed by atoms with Crippen molar-refractivity contribution >= 4 is 16.5 Å². The van der Waals surface area contributed by atoms with Crippen molar-refractivity contribution in [3.05, 3.63) is 29.1 Å². The molecule has 0 saturated carbocycles. The molecule has 0 spiro atoms. The molecular weight excluding hydrogens is 220 g/mol. The number of nitrogens with zero attached hydrogens (tertiary/aromatic N) is 1. The zero-order valence-electron chi connectivity index (χ0n) is 8.93. The quantitative estimate of drug-likeness (QED) is 0.822. The predicted octanol–water partition coefficient (Wildman–Crippen LogP) is 2.72. The van der Waals surface area contributed by atoms with Crippen LogP contribution in [-0.2, 0) is 6.42 Å². The molecule has 4 heteroatoms. The molecule has 1 atom stereocenters. The molecule has 1 aliphatic heterocycles. The normalized spacial score (nSPS) is 18.2. The SMILES string of the molecule is C[C@@H]1Cc2cc(-c3csc(N)n3)ccc2O1. The van der Waals surface area contributed by atoms with Crippen LogP contribution in [0.15, 0.2) is 23.6 Å². The largest absolute Gasteiger partial charge is 0.490 e. The molecular formula is C12H12N2OS. The van der Waals surface area contributed by atoms with Crippen LogP contribution in [0.2, 0.25) is 0 Å². The van der Waals surface area contributed by atoms with E-state index < -0.39 is 0 Å². The van der Waals surface area contributed by atoms with Gasteiger partial charge in [0, 0.05) is 17.4 Å². The van der Waals surface area contributed by atoms with Gasteiger partial charge < -0.3 is 10.5 Å². The van der Waals surface area contributed by atoms with Gasteiger partial charge in [0.15, 0.2) is 5.13 Å². The Morgan fingerprint density at radius 3 is 3.12 bits per heavy atom. The highest BCUT2D eigenvalue weighted by atomic mass is 32.1. The Labute approximate surface area is 97.9 Å². The third-order valence-electron chi connectivity index (χ3n) is 2.71. The summed E-state index contributed by atoms with van der Waals surface area (Å²) in [5.41, 5.74) is 8.96. The predicted molar refractivity (Wildman–Crippen MR) is 65.8 cm³/mol. The second-order valence-corrected chi connectivity index (χ2v) is 4.92. The van der Waals surface area contributed by atoms with E-state index in [1.165, 1.54) is 16.9 Å². The number of nitrogen functional groups attached to an aromatic ring is 1. The molecule has 0 saturated heterocycles. The first kappa shape index (κ1) is 9.66. The first-order valence-corrected chi connectivity index (χ1v) is 6.11. The van der Waals surface area contributed by atoms with Crippen molar-refractivity contribution in [2.45, 2.75) is 19.4 Å². The third-order valence-corrected chi connectivity index (χ3v) is 3.39. The zero-order valence-corrected chi connectivity index (χ0v) is 9.75. The molecule has 1 aromatic carbocycles. The van der Waals surface area contributed by atoms with Crippen molar-refractivity contribution < 1.29 is 4.74 Å². The molecule has 16 heavy (non-hydrogen) atoms. The Kier molecular flexibility index (Phi) is 2.11. The molecule has 2 aromatic rings. The molecule has 3 nitrogen and oxygen atoms in total. The van der Waals surface area contributed by atoms with E-state index in [1.807, 2.05) is 17.5 Å². The number of benzene rings is 1. The van der Waals surface area contributed by atoms with Gasteiger partial charge in [-0.15, -0.1) is 11.3 Å². The minimum absolute atomic E-state index is 0.283. The van der Waals surface area contributed by atoms with Crippen molar-refractivity contribution in [3.8, 4) is 17.0 Å². The van der Waals surface area contributed by atoms with Gasteiger partial charge in [0.2, 0.25) is 0 Å². The third kappa shape index (κ3) is 1.55. The van der Waals surface area contributed by atoms with E-state index in [-0.39, 0.29) is 6.10 Å². The van der Waals surface area contributed by atoms with Gasteiger partial charge in [-0.1, -0.05) is 0 Å². The maximum absolute atomic E-state index is 5.66. The van der Waals surface area contributed by atoms with Crippen LogP contribution in [-0.4, -0.2) is 11.1 Å². The minimum Gasteiger partial charge on any atom is -0.490 e. The van der Waals surface area contributed by atoms with Crippen LogP contribution in [0.25, 0.3) is 11.3 Å². The summed E-state index contributed by atoms with van der Waals surface area (Å²) in [6, 6.07) is 6.20. The number of thiazole rings is 1. The fraction of sp³-hybridized carbons (Fsp3) is 0.250. The molecule has 0 unspecified atom stereocenters. The summed E-state index contributed by atoms with van der Waals surface area (Å²) in [5, 5.41) is 2.59. The molecule has 0 amide bonds. The lowest BCUT2D eigenvalue weighted by atomic mass is 10.1. The highest BCUT2D eigenvalue weighted by Gasteiger charge is 2.19. The maximum Gasteiger partial charge on any atom is 0.180 e. The van der Waals surface area contributed by atoms with E-state index in [2.05, 4.69) is 18.0 Å². The second-order valence-electron chi connectivity index (χ2n) is 4.03. The standard InChI is InChI=1S/C12H12N2OS/c1-7-4-9-5-8(2-3-11(9)15-7)10-6-16-12(13)14-10/h2-3,5-7H,4H2,1H3,(H2,13,14)/t7-/m1/s1. The Morgan fingerprint density at radius 2 is 2.38 bits per heavy atom. The summed E-state index contributed by atoms with van der Waals surface area (Å²) in [5.74, 6) is 0.999. The van der Waals surface area contributed by atoms with E-state index in [4.69, 9.17) is 10.5 Å². The van der Waals surface area contributed by atoms with Crippen molar-refractivity contribution in [3.63, 3.8) is 0 Å². The molecule has 0 fully saturated rings. The van der Waals surface area contributed by atoms with Crippen molar-refractivity contribution in [2.24, 2.45) is 0 Å². The van der Waals surface area contributed by atoms with Crippen LogP contribution in [0.4, 0.5) is 5.13 Å². The summed E-state index contributed by atoms with van der Waals surface area (Å²) >= 11 is 1.47. The van der Waals surface area contributed by atoms with Crippen LogP contribution in [0.1, 0.15) is 12.5 Å². The molecule has 1 aromatic heterocycles. The number of fused-ring (bicyclic) bond motifs is 1. The van der Waals surface area contributed by atoms with E-state index in [0.29, 0.717) is 5.13 Å². The lowest BCUT2D eigenvalue weighted by Crippen LogP contribution is -2.05. The molecule has 82 valence electrons. The lowest BCUT2D eigenvalue weighted by Gasteiger charge is -2.02. The first-order valence-electron chi connectivity index (χ1n) is 5.23. The Hall–Kier alpha value is -1.55. The van der Waals surface area contributed by atoms with Gasteiger partial charge >= 0.3 is 0 Å². The number of hydrogen-bond acceptors (Lipinski definition) is 4. The first-order chi connectivity index (χ1) is 7.72. The minimum atomic E-state index is 0.283. The van der Waals surface area contributed by atoms with Gasteiger partial charge in [-0.25, -0.2) is 4.98 Å². The van der Waals surface area contributed by atoms with Crippen LogP contribution >= 0.6 is 11.3 Å². The van der Waals surface area contributed by atoms with Gasteiger partial charge in [0.25, 0.3) is 0 Å². The van der Waals surface area contributed by atoms with Gasteiger partial charge in [0.05, 0.1) is 5.69 Å². The summed E-state index contributed by atoms with van der Waals surface area (Å²) in [4.78, 5) is 4.28. The average molecular weight is 232 g/mol. The Morgan fingerprint density at radius 1 is 1.50 bits per heavy atom. The Bertz CT molecular complexity index is 536. The molecule has 0 radical (unpaired) electrons. The summed E-state index contributed by atoms with van der Waals surface area (Å²) in [6.07, 6.45) is 1.26. The molecule has 3 rings (SSSR count). The molecule has 1 aliphatic rings. The van der Waals surface area contributed by atoms with Gasteiger partial charge in [-0.2, -0.15) is 0 Å².